The first-order chi connectivity index (χ1) is 14.5. The Kier molecular flexibility index (Phi) is 5.82. The predicted molar refractivity (Wildman–Crippen MR) is 108 cm³/mol. The lowest BCUT2D eigenvalue weighted by atomic mass is 9.96. The molecule has 1 atom stereocenters. The molecule has 0 aliphatic carbocycles. The lowest BCUT2D eigenvalue weighted by molar-refractivity contribution is -0.119. The van der Waals surface area contributed by atoms with Gasteiger partial charge in [-0.05, 0) is 37.0 Å². The smallest absolute Gasteiger partial charge is 0.414 e. The molecule has 1 unspecified atom stereocenters. The predicted octanol–water partition coefficient (Wildman–Crippen LogP) is 1.80. The number of hydrogen-bond acceptors (Lipinski definition) is 6. The van der Waals surface area contributed by atoms with E-state index >= 15 is 0 Å². The Bertz CT molecular complexity index is 898. The summed E-state index contributed by atoms with van der Waals surface area (Å²) in [6, 6.07) is 4.83. The first-order valence-electron chi connectivity index (χ1n) is 10.1. The van der Waals surface area contributed by atoms with Crippen molar-refractivity contribution in [2.75, 3.05) is 36.0 Å². The van der Waals surface area contributed by atoms with Crippen molar-refractivity contribution in [2.24, 2.45) is 5.92 Å². The Balaban J connectivity index is 1.35. The van der Waals surface area contributed by atoms with Gasteiger partial charge in [-0.3, -0.25) is 14.4 Å². The molecule has 1 aromatic heterocycles. The Hall–Kier alpha value is -3.17. The number of benzene rings is 1. The zero-order chi connectivity index (χ0) is 21.1. The zero-order valence-corrected chi connectivity index (χ0v) is 16.8. The van der Waals surface area contributed by atoms with Crippen LogP contribution in [0.4, 0.5) is 20.6 Å². The SMILES string of the molecule is CC(=O)NCC1CN(c2ccc(N3CCC(Cn4ccnn4)CC3)c(F)c2)C(=O)O1. The molecule has 10 heteroatoms. The highest BCUT2D eigenvalue weighted by atomic mass is 19.1. The second-order valence-corrected chi connectivity index (χ2v) is 7.74. The molecule has 2 amide bonds. The Morgan fingerprint density at radius 1 is 1.33 bits per heavy atom. The molecular weight excluding hydrogens is 391 g/mol. The monoisotopic (exact) mass is 416 g/mol. The van der Waals surface area contributed by atoms with Crippen LogP contribution in [0.1, 0.15) is 19.8 Å². The van der Waals surface area contributed by atoms with Gasteiger partial charge in [0.15, 0.2) is 0 Å². The van der Waals surface area contributed by atoms with E-state index in [0.29, 0.717) is 17.3 Å². The number of anilines is 2. The fourth-order valence-electron chi connectivity index (χ4n) is 3.97. The summed E-state index contributed by atoms with van der Waals surface area (Å²) >= 11 is 0. The molecular formula is C20H25FN6O3. The van der Waals surface area contributed by atoms with E-state index in [1.54, 1.807) is 18.3 Å². The second-order valence-electron chi connectivity index (χ2n) is 7.74. The number of nitrogens with zero attached hydrogens (tertiary/aromatic N) is 5. The van der Waals surface area contributed by atoms with Crippen LogP contribution in [-0.2, 0) is 16.1 Å². The molecule has 4 rings (SSSR count). The molecule has 0 bridgehead atoms. The summed E-state index contributed by atoms with van der Waals surface area (Å²) in [5.41, 5.74) is 0.993. The second kappa shape index (κ2) is 8.68. The Morgan fingerprint density at radius 3 is 2.80 bits per heavy atom. The summed E-state index contributed by atoms with van der Waals surface area (Å²) in [6.45, 7) is 4.26. The number of carbonyl (C=O) groups is 2. The lowest BCUT2D eigenvalue weighted by Gasteiger charge is -2.34. The van der Waals surface area contributed by atoms with Crippen molar-refractivity contribution in [1.82, 2.24) is 20.3 Å². The first-order valence-corrected chi connectivity index (χ1v) is 10.1. The van der Waals surface area contributed by atoms with Gasteiger partial charge in [-0.15, -0.1) is 5.10 Å². The minimum absolute atomic E-state index is 0.190. The number of nitrogens with one attached hydrogen (secondary N) is 1. The summed E-state index contributed by atoms with van der Waals surface area (Å²) in [4.78, 5) is 26.6. The number of aromatic nitrogens is 3. The van der Waals surface area contributed by atoms with E-state index in [-0.39, 0.29) is 24.8 Å². The van der Waals surface area contributed by atoms with Gasteiger partial charge in [0.05, 0.1) is 30.7 Å². The zero-order valence-electron chi connectivity index (χ0n) is 16.8. The van der Waals surface area contributed by atoms with Gasteiger partial charge in [0.1, 0.15) is 11.9 Å². The van der Waals surface area contributed by atoms with Crippen LogP contribution in [0.15, 0.2) is 30.6 Å². The summed E-state index contributed by atoms with van der Waals surface area (Å²) in [6.07, 6.45) is 4.44. The minimum atomic E-state index is -0.536. The fourth-order valence-corrected chi connectivity index (χ4v) is 3.97. The average Bonchev–Trinajstić information content (AvgIpc) is 3.36. The van der Waals surface area contributed by atoms with Crippen LogP contribution < -0.4 is 15.1 Å². The van der Waals surface area contributed by atoms with Gasteiger partial charge < -0.3 is 15.0 Å². The molecule has 2 aliphatic rings. The number of rotatable bonds is 6. The molecule has 0 saturated carbocycles. The highest BCUT2D eigenvalue weighted by molar-refractivity contribution is 5.90. The molecule has 2 aromatic rings. The minimum Gasteiger partial charge on any atom is -0.442 e. The van der Waals surface area contributed by atoms with Crippen LogP contribution in [-0.4, -0.2) is 59.3 Å². The van der Waals surface area contributed by atoms with Crippen molar-refractivity contribution in [3.05, 3.63) is 36.4 Å². The lowest BCUT2D eigenvalue weighted by Crippen LogP contribution is -2.35. The van der Waals surface area contributed by atoms with Gasteiger partial charge in [-0.2, -0.15) is 0 Å². The quantitative estimate of drug-likeness (QED) is 0.772. The van der Waals surface area contributed by atoms with Crippen LogP contribution in [0.2, 0.25) is 0 Å². The van der Waals surface area contributed by atoms with Crippen LogP contribution in [0.3, 0.4) is 0 Å². The van der Waals surface area contributed by atoms with Gasteiger partial charge in [0, 0.05) is 32.8 Å². The molecule has 1 aromatic carbocycles. The van der Waals surface area contributed by atoms with Crippen molar-refractivity contribution >= 4 is 23.4 Å². The molecule has 2 fully saturated rings. The van der Waals surface area contributed by atoms with Crippen molar-refractivity contribution in [2.45, 2.75) is 32.4 Å². The Morgan fingerprint density at radius 2 is 2.13 bits per heavy atom. The summed E-state index contributed by atoms with van der Waals surface area (Å²) < 4.78 is 22.0. The third-order valence-corrected chi connectivity index (χ3v) is 5.57. The number of ether oxygens (including phenoxy) is 1. The fraction of sp³-hybridized carbons (Fsp3) is 0.500. The van der Waals surface area contributed by atoms with E-state index in [1.165, 1.54) is 17.9 Å². The maximum Gasteiger partial charge on any atom is 0.414 e. The van der Waals surface area contributed by atoms with Crippen LogP contribution in [0.5, 0.6) is 0 Å². The number of piperidine rings is 1. The molecule has 2 saturated heterocycles. The molecule has 2 aliphatic heterocycles. The van der Waals surface area contributed by atoms with Crippen LogP contribution in [0, 0.1) is 11.7 Å². The topological polar surface area (TPSA) is 92.6 Å². The van der Waals surface area contributed by atoms with E-state index in [0.717, 1.165) is 32.5 Å². The normalized spacial score (nSPS) is 19.8. The van der Waals surface area contributed by atoms with Crippen LogP contribution >= 0.6 is 0 Å². The molecule has 160 valence electrons. The molecule has 3 heterocycles. The number of cyclic esters (lactones) is 1. The highest BCUT2D eigenvalue weighted by Crippen LogP contribution is 2.30. The van der Waals surface area contributed by atoms with E-state index < -0.39 is 12.2 Å². The van der Waals surface area contributed by atoms with E-state index in [9.17, 15) is 14.0 Å². The number of hydrogen-bond donors (Lipinski definition) is 1. The third kappa shape index (κ3) is 4.52. The van der Waals surface area contributed by atoms with Gasteiger partial charge in [0.25, 0.3) is 0 Å². The maximum atomic E-state index is 14.9. The molecule has 9 nitrogen and oxygen atoms in total. The van der Waals surface area contributed by atoms with Crippen LogP contribution in [0.25, 0.3) is 0 Å². The average molecular weight is 416 g/mol. The first kappa shape index (κ1) is 20.1. The van der Waals surface area contributed by atoms with E-state index in [1.807, 2.05) is 15.8 Å². The van der Waals surface area contributed by atoms with E-state index in [4.69, 9.17) is 4.74 Å². The van der Waals surface area contributed by atoms with Gasteiger partial charge in [-0.25, -0.2) is 9.18 Å². The van der Waals surface area contributed by atoms with E-state index in [2.05, 4.69) is 15.6 Å². The molecule has 30 heavy (non-hydrogen) atoms. The van der Waals surface area contributed by atoms with Gasteiger partial charge in [0.2, 0.25) is 5.91 Å². The third-order valence-electron chi connectivity index (χ3n) is 5.57. The van der Waals surface area contributed by atoms with Crippen molar-refractivity contribution < 1.29 is 18.7 Å². The number of amides is 2. The molecule has 0 radical (unpaired) electrons. The van der Waals surface area contributed by atoms with Gasteiger partial charge in [-0.1, -0.05) is 5.21 Å². The Labute approximate surface area is 173 Å². The largest absolute Gasteiger partial charge is 0.442 e. The number of carbonyl (C=O) groups excluding carboxylic acids is 2. The summed E-state index contributed by atoms with van der Waals surface area (Å²) in [5, 5.41) is 10.5. The van der Waals surface area contributed by atoms with Crippen molar-refractivity contribution in [3.63, 3.8) is 0 Å². The maximum absolute atomic E-state index is 14.9. The summed E-state index contributed by atoms with van der Waals surface area (Å²) in [7, 11) is 0. The van der Waals surface area contributed by atoms with Crippen molar-refractivity contribution in [1.29, 1.82) is 0 Å². The van der Waals surface area contributed by atoms with Gasteiger partial charge >= 0.3 is 6.09 Å². The molecule has 0 spiro atoms. The summed E-state index contributed by atoms with van der Waals surface area (Å²) in [5.74, 6) is -0.0597. The number of halogens is 1. The highest BCUT2D eigenvalue weighted by Gasteiger charge is 2.33. The standard InChI is InChI=1S/C20H25FN6O3/c1-14(28)22-11-17-13-27(20(29)30-17)16-2-3-19(18(21)10-16)25-7-4-15(5-8-25)12-26-9-6-23-24-26/h2-3,6,9-10,15,17H,4-5,7-8,11-13H2,1H3,(H,22,28). The molecule has 1 N–H and O–H groups in total. The van der Waals surface area contributed by atoms with Crippen molar-refractivity contribution in [3.8, 4) is 0 Å².